The summed E-state index contributed by atoms with van der Waals surface area (Å²) < 4.78 is 0. The molecule has 0 heterocycles. The maximum absolute atomic E-state index is 13.1. The number of amides is 2. The molecule has 0 radical (unpaired) electrons. The number of rotatable bonds is 10. The second-order valence-electron chi connectivity index (χ2n) is 7.81. The van der Waals surface area contributed by atoms with Crippen LogP contribution in [0.5, 0.6) is 0 Å². The molecule has 0 aliphatic heterocycles. The Morgan fingerprint density at radius 1 is 0.971 bits per heavy atom. The van der Waals surface area contributed by atoms with Crippen LogP contribution in [0.15, 0.2) is 91.0 Å². The Morgan fingerprint density at radius 3 is 2.21 bits per heavy atom. The summed E-state index contributed by atoms with van der Waals surface area (Å²) in [5.74, 6) is -0.383. The molecule has 0 spiro atoms. The number of hydrogen-bond acceptors (Lipinski definition) is 4. The summed E-state index contributed by atoms with van der Waals surface area (Å²) >= 11 is 0. The predicted octanol–water partition coefficient (Wildman–Crippen LogP) is 4.90. The van der Waals surface area contributed by atoms with Gasteiger partial charge in [-0.25, -0.2) is 0 Å². The fraction of sp³-hybridized carbons (Fsp3) is 0.185. The average molecular weight is 458 g/mol. The molecular weight excluding hydrogens is 430 g/mol. The summed E-state index contributed by atoms with van der Waals surface area (Å²) in [7, 11) is 0. The molecule has 3 aromatic carbocycles. The third-order valence-electron chi connectivity index (χ3n) is 5.47. The molecule has 0 fully saturated rings. The van der Waals surface area contributed by atoms with Crippen molar-refractivity contribution < 1.29 is 14.5 Å². The van der Waals surface area contributed by atoms with Crippen LogP contribution in [0.2, 0.25) is 0 Å². The van der Waals surface area contributed by atoms with Gasteiger partial charge in [0.25, 0.3) is 5.69 Å². The van der Waals surface area contributed by atoms with Gasteiger partial charge in [-0.1, -0.05) is 60.7 Å². The smallest absolute Gasteiger partial charge is 0.269 e. The molecule has 7 nitrogen and oxygen atoms in total. The molecule has 0 aromatic heterocycles. The highest BCUT2D eigenvalue weighted by Gasteiger charge is 2.20. The van der Waals surface area contributed by atoms with Crippen molar-refractivity contribution in [2.24, 2.45) is 0 Å². The van der Waals surface area contributed by atoms with Crippen molar-refractivity contribution in [3.63, 3.8) is 0 Å². The predicted molar refractivity (Wildman–Crippen MR) is 132 cm³/mol. The van der Waals surface area contributed by atoms with Crippen molar-refractivity contribution in [3.05, 3.63) is 118 Å². The molecule has 0 saturated carbocycles. The first kappa shape index (κ1) is 24.4. The molecule has 0 saturated heterocycles. The molecule has 174 valence electrons. The average Bonchev–Trinajstić information content (AvgIpc) is 2.87. The van der Waals surface area contributed by atoms with Crippen molar-refractivity contribution in [3.8, 4) is 0 Å². The Balaban J connectivity index is 1.67. The number of nitrogens with one attached hydrogen (secondary N) is 1. The SMILES string of the molecule is CC(c1ccccc1)N(CCC(=O)NCc1ccccc1)C(=O)/C=C/c1ccc([N+](=O)[O-])cc1. The normalized spacial score (nSPS) is 11.7. The minimum absolute atomic E-state index is 0.00989. The molecule has 0 bridgehead atoms. The van der Waals surface area contributed by atoms with Gasteiger partial charge in [-0.2, -0.15) is 0 Å². The van der Waals surface area contributed by atoms with Gasteiger partial charge in [-0.15, -0.1) is 0 Å². The van der Waals surface area contributed by atoms with E-state index in [0.717, 1.165) is 11.1 Å². The Bertz CT molecular complexity index is 1130. The first-order chi connectivity index (χ1) is 16.4. The molecule has 0 aliphatic rings. The summed E-state index contributed by atoms with van der Waals surface area (Å²) in [6, 6.07) is 25.0. The van der Waals surface area contributed by atoms with Crippen LogP contribution in [-0.2, 0) is 16.1 Å². The van der Waals surface area contributed by atoms with Gasteiger partial charge in [0.15, 0.2) is 0 Å². The number of nitro groups is 1. The van der Waals surface area contributed by atoms with Crippen LogP contribution >= 0.6 is 0 Å². The fourth-order valence-electron chi connectivity index (χ4n) is 3.48. The first-order valence-electron chi connectivity index (χ1n) is 11.0. The highest BCUT2D eigenvalue weighted by molar-refractivity contribution is 5.92. The lowest BCUT2D eigenvalue weighted by molar-refractivity contribution is -0.384. The quantitative estimate of drug-likeness (QED) is 0.266. The van der Waals surface area contributed by atoms with E-state index in [-0.39, 0.29) is 36.5 Å². The van der Waals surface area contributed by atoms with Gasteiger partial charge in [-0.05, 0) is 41.8 Å². The highest BCUT2D eigenvalue weighted by atomic mass is 16.6. The van der Waals surface area contributed by atoms with E-state index in [1.54, 1.807) is 23.1 Å². The van der Waals surface area contributed by atoms with Crippen LogP contribution in [0.25, 0.3) is 6.08 Å². The number of carbonyl (C=O) groups is 2. The summed E-state index contributed by atoms with van der Waals surface area (Å²) in [5.41, 5.74) is 2.63. The number of carbonyl (C=O) groups excluding carboxylic acids is 2. The van der Waals surface area contributed by atoms with E-state index in [2.05, 4.69) is 5.32 Å². The van der Waals surface area contributed by atoms with E-state index < -0.39 is 4.92 Å². The summed E-state index contributed by atoms with van der Waals surface area (Å²) in [5, 5.41) is 13.7. The van der Waals surface area contributed by atoms with Gasteiger partial charge in [0.05, 0.1) is 11.0 Å². The van der Waals surface area contributed by atoms with E-state index in [1.165, 1.54) is 18.2 Å². The minimum Gasteiger partial charge on any atom is -0.352 e. The lowest BCUT2D eigenvalue weighted by Gasteiger charge is -2.28. The Hall–Kier alpha value is -4.26. The zero-order chi connectivity index (χ0) is 24.3. The van der Waals surface area contributed by atoms with Crippen LogP contribution < -0.4 is 5.32 Å². The third kappa shape index (κ3) is 7.13. The van der Waals surface area contributed by atoms with Crippen LogP contribution in [0.1, 0.15) is 36.1 Å². The van der Waals surface area contributed by atoms with Gasteiger partial charge in [0.1, 0.15) is 0 Å². The minimum atomic E-state index is -0.467. The van der Waals surface area contributed by atoms with Crippen LogP contribution in [-0.4, -0.2) is 28.2 Å². The van der Waals surface area contributed by atoms with Gasteiger partial charge in [0, 0.05) is 37.7 Å². The zero-order valence-corrected chi connectivity index (χ0v) is 19.0. The van der Waals surface area contributed by atoms with Crippen molar-refractivity contribution in [1.29, 1.82) is 0 Å². The van der Waals surface area contributed by atoms with E-state index >= 15 is 0 Å². The molecule has 7 heteroatoms. The molecule has 2 amide bonds. The molecule has 1 N–H and O–H groups in total. The molecule has 3 aromatic rings. The third-order valence-corrected chi connectivity index (χ3v) is 5.47. The lowest BCUT2D eigenvalue weighted by Crippen LogP contribution is -2.36. The molecular formula is C27H27N3O4. The maximum atomic E-state index is 13.1. The van der Waals surface area contributed by atoms with Gasteiger partial charge < -0.3 is 10.2 Å². The molecule has 1 atom stereocenters. The standard InChI is InChI=1S/C27H27N3O4/c1-21(24-10-6-3-7-11-24)29(19-18-26(31)28-20-23-8-4-2-5-9-23)27(32)17-14-22-12-15-25(16-13-22)30(33)34/h2-17,21H,18-20H2,1H3,(H,28,31)/b17-14+. The van der Waals surface area contributed by atoms with E-state index in [0.29, 0.717) is 12.1 Å². The monoisotopic (exact) mass is 457 g/mol. The number of hydrogen-bond donors (Lipinski definition) is 1. The van der Waals surface area contributed by atoms with Gasteiger partial charge in [0.2, 0.25) is 11.8 Å². The van der Waals surface area contributed by atoms with Crippen molar-refractivity contribution in [2.45, 2.75) is 25.9 Å². The van der Waals surface area contributed by atoms with Crippen LogP contribution in [0.3, 0.4) is 0 Å². The second kappa shape index (κ2) is 12.1. The Labute approximate surface area is 198 Å². The Kier molecular flexibility index (Phi) is 8.68. The van der Waals surface area contributed by atoms with E-state index in [1.807, 2.05) is 67.6 Å². The topological polar surface area (TPSA) is 92.6 Å². The fourth-order valence-corrected chi connectivity index (χ4v) is 3.48. The number of nitrogens with zero attached hydrogens (tertiary/aromatic N) is 2. The van der Waals surface area contributed by atoms with Crippen molar-refractivity contribution >= 4 is 23.6 Å². The highest BCUT2D eigenvalue weighted by Crippen LogP contribution is 2.21. The summed E-state index contributed by atoms with van der Waals surface area (Å²) in [6.45, 7) is 2.61. The van der Waals surface area contributed by atoms with Gasteiger partial charge >= 0.3 is 0 Å². The summed E-state index contributed by atoms with van der Waals surface area (Å²) in [6.07, 6.45) is 3.22. The maximum Gasteiger partial charge on any atom is 0.269 e. The largest absolute Gasteiger partial charge is 0.352 e. The number of benzene rings is 3. The number of nitro benzene ring substituents is 1. The van der Waals surface area contributed by atoms with Crippen molar-refractivity contribution in [2.75, 3.05) is 6.54 Å². The lowest BCUT2D eigenvalue weighted by atomic mass is 10.1. The molecule has 3 rings (SSSR count). The Morgan fingerprint density at radius 2 is 1.59 bits per heavy atom. The first-order valence-corrected chi connectivity index (χ1v) is 11.0. The zero-order valence-electron chi connectivity index (χ0n) is 19.0. The molecule has 0 aliphatic carbocycles. The van der Waals surface area contributed by atoms with Crippen LogP contribution in [0, 0.1) is 10.1 Å². The molecule has 34 heavy (non-hydrogen) atoms. The van der Waals surface area contributed by atoms with E-state index in [4.69, 9.17) is 0 Å². The van der Waals surface area contributed by atoms with Crippen molar-refractivity contribution in [1.82, 2.24) is 10.2 Å². The molecule has 1 unspecified atom stereocenters. The summed E-state index contributed by atoms with van der Waals surface area (Å²) in [4.78, 5) is 37.6. The second-order valence-corrected chi connectivity index (χ2v) is 7.81. The van der Waals surface area contributed by atoms with Crippen LogP contribution in [0.4, 0.5) is 5.69 Å². The van der Waals surface area contributed by atoms with Gasteiger partial charge in [-0.3, -0.25) is 19.7 Å². The number of non-ortho nitro benzene ring substituents is 1. The van der Waals surface area contributed by atoms with E-state index in [9.17, 15) is 19.7 Å².